The second-order valence-corrected chi connectivity index (χ2v) is 8.52. The van der Waals surface area contributed by atoms with E-state index in [0.29, 0.717) is 4.48 Å². The quantitative estimate of drug-likeness (QED) is 0.620. The monoisotopic (exact) mass is 415 g/mol. The molecule has 0 radical (unpaired) electrons. The standard InChI is InChI=1S/C17H22BrNO4S/c1-3-4-5-6-7-15(18)16-12-23-17(20)19(16)24(21,22)14-10-8-13(2)9-11-14/h7-11,16H,3-6,12H2,1-2H3/b15-7-. The van der Waals surface area contributed by atoms with Gasteiger partial charge in [-0.05, 0) is 31.9 Å². The highest BCUT2D eigenvalue weighted by Gasteiger charge is 2.43. The number of aryl methyl sites for hydroxylation is 1. The second kappa shape index (κ2) is 8.16. The van der Waals surface area contributed by atoms with Gasteiger partial charge in [0.05, 0.1) is 4.90 Å². The van der Waals surface area contributed by atoms with E-state index in [2.05, 4.69) is 22.9 Å². The van der Waals surface area contributed by atoms with Crippen molar-refractivity contribution in [2.75, 3.05) is 6.61 Å². The molecule has 132 valence electrons. The molecule has 1 fully saturated rings. The van der Waals surface area contributed by atoms with Crippen molar-refractivity contribution in [3.05, 3.63) is 40.4 Å². The number of nitrogens with zero attached hydrogens (tertiary/aromatic N) is 1. The zero-order valence-electron chi connectivity index (χ0n) is 13.9. The number of sulfonamides is 1. The lowest BCUT2D eigenvalue weighted by atomic mass is 10.2. The molecule has 7 heteroatoms. The van der Waals surface area contributed by atoms with Gasteiger partial charge in [0, 0.05) is 4.48 Å². The summed E-state index contributed by atoms with van der Waals surface area (Å²) in [5, 5.41) is 0. The van der Waals surface area contributed by atoms with E-state index >= 15 is 0 Å². The van der Waals surface area contributed by atoms with E-state index in [0.717, 1.165) is 35.6 Å². The third-order valence-electron chi connectivity index (χ3n) is 3.87. The van der Waals surface area contributed by atoms with Crippen molar-refractivity contribution >= 4 is 32.0 Å². The molecule has 0 spiro atoms. The smallest absolute Gasteiger partial charge is 0.424 e. The lowest BCUT2D eigenvalue weighted by Crippen LogP contribution is -2.39. The summed E-state index contributed by atoms with van der Waals surface area (Å²) in [6, 6.07) is 5.78. The van der Waals surface area contributed by atoms with E-state index in [1.807, 2.05) is 13.0 Å². The Kier molecular flexibility index (Phi) is 6.46. The highest BCUT2D eigenvalue weighted by Crippen LogP contribution is 2.30. The van der Waals surface area contributed by atoms with Crippen molar-refractivity contribution in [3.63, 3.8) is 0 Å². The molecule has 24 heavy (non-hydrogen) atoms. The molecule has 0 N–H and O–H groups in total. The van der Waals surface area contributed by atoms with Crippen molar-refractivity contribution in [3.8, 4) is 0 Å². The number of allylic oxidation sites excluding steroid dienone is 1. The van der Waals surface area contributed by atoms with Crippen LogP contribution in [0.5, 0.6) is 0 Å². The first-order valence-corrected chi connectivity index (χ1v) is 10.2. The molecule has 1 amide bonds. The molecule has 1 saturated heterocycles. The van der Waals surface area contributed by atoms with Gasteiger partial charge in [-0.3, -0.25) is 0 Å². The number of rotatable bonds is 7. The van der Waals surface area contributed by atoms with Crippen LogP contribution >= 0.6 is 15.9 Å². The minimum atomic E-state index is -3.95. The molecule has 5 nitrogen and oxygen atoms in total. The van der Waals surface area contributed by atoms with E-state index in [4.69, 9.17) is 4.74 Å². The Bertz CT molecular complexity index is 713. The number of carbonyl (C=O) groups excluding carboxylic acids is 1. The Hall–Kier alpha value is -1.34. The molecule has 0 bridgehead atoms. The predicted molar refractivity (Wildman–Crippen MR) is 96.5 cm³/mol. The highest BCUT2D eigenvalue weighted by atomic mass is 79.9. The molecular formula is C17H22BrNO4S. The van der Waals surface area contributed by atoms with Crippen LogP contribution in [0.25, 0.3) is 0 Å². The molecule has 1 aliphatic rings. The molecule has 0 aromatic heterocycles. The van der Waals surface area contributed by atoms with Crippen LogP contribution in [0.2, 0.25) is 0 Å². The van der Waals surface area contributed by atoms with Crippen molar-refractivity contribution in [2.45, 2.75) is 50.5 Å². The maximum absolute atomic E-state index is 12.8. The van der Waals surface area contributed by atoms with Gasteiger partial charge in [-0.2, -0.15) is 4.31 Å². The average molecular weight is 416 g/mol. The average Bonchev–Trinajstić information content (AvgIpc) is 2.94. The number of benzene rings is 1. The van der Waals surface area contributed by atoms with Crippen LogP contribution in [-0.4, -0.2) is 31.5 Å². The Morgan fingerprint density at radius 1 is 1.33 bits per heavy atom. The van der Waals surface area contributed by atoms with Crippen molar-refractivity contribution in [1.29, 1.82) is 0 Å². The Labute approximate surface area is 151 Å². The Morgan fingerprint density at radius 3 is 2.62 bits per heavy atom. The number of unbranched alkanes of at least 4 members (excludes halogenated alkanes) is 3. The highest BCUT2D eigenvalue weighted by molar-refractivity contribution is 9.11. The zero-order chi connectivity index (χ0) is 17.7. The number of hydrogen-bond acceptors (Lipinski definition) is 4. The van der Waals surface area contributed by atoms with Gasteiger partial charge in [-0.15, -0.1) is 0 Å². The van der Waals surface area contributed by atoms with Gasteiger partial charge in [0.2, 0.25) is 0 Å². The summed E-state index contributed by atoms with van der Waals surface area (Å²) in [5.74, 6) is 0. The summed E-state index contributed by atoms with van der Waals surface area (Å²) >= 11 is 3.42. The predicted octanol–water partition coefficient (Wildman–Crippen LogP) is 4.36. The molecule has 0 aliphatic carbocycles. The lowest BCUT2D eigenvalue weighted by Gasteiger charge is -2.21. The van der Waals surface area contributed by atoms with Gasteiger partial charge in [0.25, 0.3) is 10.0 Å². The molecule has 1 aliphatic heterocycles. The first-order chi connectivity index (χ1) is 11.4. The van der Waals surface area contributed by atoms with Crippen LogP contribution in [0.4, 0.5) is 4.79 Å². The van der Waals surface area contributed by atoms with Crippen molar-refractivity contribution in [1.82, 2.24) is 4.31 Å². The number of amides is 1. The zero-order valence-corrected chi connectivity index (χ0v) is 16.3. The van der Waals surface area contributed by atoms with Crippen molar-refractivity contribution in [2.24, 2.45) is 0 Å². The van der Waals surface area contributed by atoms with Crippen molar-refractivity contribution < 1.29 is 17.9 Å². The number of ether oxygens (including phenoxy) is 1. The molecule has 1 unspecified atom stereocenters. The number of cyclic esters (lactones) is 1. The third-order valence-corrected chi connectivity index (χ3v) is 6.51. The lowest BCUT2D eigenvalue weighted by molar-refractivity contribution is 0.170. The molecule has 1 aromatic carbocycles. The van der Waals surface area contributed by atoms with Crippen LogP contribution in [0.3, 0.4) is 0 Å². The largest absolute Gasteiger partial charge is 0.446 e. The van der Waals surface area contributed by atoms with Gasteiger partial charge >= 0.3 is 6.09 Å². The summed E-state index contributed by atoms with van der Waals surface area (Å²) in [7, 11) is -3.95. The third kappa shape index (κ3) is 4.19. The SMILES string of the molecule is CCCCC/C=C(\Br)C1COC(=O)N1S(=O)(=O)c1ccc(C)cc1. The van der Waals surface area contributed by atoms with Gasteiger partial charge in [0.15, 0.2) is 0 Å². The molecular weight excluding hydrogens is 394 g/mol. The summed E-state index contributed by atoms with van der Waals surface area (Å²) in [4.78, 5) is 12.1. The van der Waals surface area contributed by atoms with E-state index in [1.165, 1.54) is 12.1 Å². The first-order valence-electron chi connectivity index (χ1n) is 8.01. The van der Waals surface area contributed by atoms with Crippen LogP contribution < -0.4 is 0 Å². The van der Waals surface area contributed by atoms with Crippen LogP contribution in [0.1, 0.15) is 38.2 Å². The van der Waals surface area contributed by atoms with Gasteiger partial charge in [0.1, 0.15) is 12.6 Å². The molecule has 1 heterocycles. The normalized spacial score (nSPS) is 18.8. The van der Waals surface area contributed by atoms with Gasteiger partial charge < -0.3 is 4.74 Å². The molecule has 1 aromatic rings. The molecule has 2 rings (SSSR count). The molecule has 0 saturated carbocycles. The Morgan fingerprint density at radius 2 is 2.00 bits per heavy atom. The summed E-state index contributed by atoms with van der Waals surface area (Å²) < 4.78 is 32.1. The van der Waals surface area contributed by atoms with E-state index in [9.17, 15) is 13.2 Å². The van der Waals surface area contributed by atoms with Crippen LogP contribution in [0, 0.1) is 6.92 Å². The summed E-state index contributed by atoms with van der Waals surface area (Å²) in [6.45, 7) is 4.02. The second-order valence-electron chi connectivity index (χ2n) is 5.79. The number of hydrogen-bond donors (Lipinski definition) is 0. The fraction of sp³-hybridized carbons (Fsp3) is 0.471. The van der Waals surface area contributed by atoms with E-state index in [1.54, 1.807) is 12.1 Å². The number of carbonyl (C=O) groups is 1. The number of halogens is 1. The van der Waals surface area contributed by atoms with E-state index < -0.39 is 22.2 Å². The minimum absolute atomic E-state index is 0.0226. The van der Waals surface area contributed by atoms with Gasteiger partial charge in [-0.1, -0.05) is 59.5 Å². The summed E-state index contributed by atoms with van der Waals surface area (Å²) in [6.07, 6.45) is 5.18. The topological polar surface area (TPSA) is 63.7 Å². The minimum Gasteiger partial charge on any atom is -0.446 e. The summed E-state index contributed by atoms with van der Waals surface area (Å²) in [5.41, 5.74) is 0.950. The Balaban J connectivity index is 2.25. The van der Waals surface area contributed by atoms with Gasteiger partial charge in [-0.25, -0.2) is 13.2 Å². The fourth-order valence-electron chi connectivity index (χ4n) is 2.46. The van der Waals surface area contributed by atoms with Crippen LogP contribution in [0.15, 0.2) is 39.7 Å². The van der Waals surface area contributed by atoms with Crippen LogP contribution in [-0.2, 0) is 14.8 Å². The maximum atomic E-state index is 12.8. The fourth-order valence-corrected chi connectivity index (χ4v) is 4.63. The first kappa shape index (κ1) is 19.0. The maximum Gasteiger partial charge on any atom is 0.424 e. The molecule has 1 atom stereocenters. The van der Waals surface area contributed by atoms with E-state index in [-0.39, 0.29) is 11.5 Å².